The fraction of sp³-hybridized carbons (Fsp3) is 0.222. The quantitative estimate of drug-likeness (QED) is 0.803. The first-order valence-electron chi connectivity index (χ1n) is 7.51. The molecule has 5 nitrogen and oxygen atoms in total. The van der Waals surface area contributed by atoms with Crippen LogP contribution in [0.1, 0.15) is 35.7 Å². The molecule has 0 radical (unpaired) electrons. The third-order valence-corrected chi connectivity index (χ3v) is 3.30. The Labute approximate surface area is 145 Å². The summed E-state index contributed by atoms with van der Waals surface area (Å²) in [6, 6.07) is 8.28. The molecule has 6 heteroatoms. The van der Waals surface area contributed by atoms with E-state index in [1.807, 2.05) is 26.8 Å². The van der Waals surface area contributed by atoms with Gasteiger partial charge in [-0.05, 0) is 57.2 Å². The highest BCUT2D eigenvalue weighted by Crippen LogP contribution is 2.21. The predicted octanol–water partition coefficient (Wildman–Crippen LogP) is 4.03. The summed E-state index contributed by atoms with van der Waals surface area (Å²) < 4.78 is 5.36. The van der Waals surface area contributed by atoms with Crippen LogP contribution in [0.2, 0.25) is 5.02 Å². The van der Waals surface area contributed by atoms with Crippen LogP contribution in [0.25, 0.3) is 6.08 Å². The Balaban J connectivity index is 2.15. The molecule has 0 atom stereocenters. The number of benzene rings is 1. The molecular weight excluding hydrogens is 328 g/mol. The molecule has 1 heterocycles. The molecule has 0 unspecified atom stereocenters. The Kier molecular flexibility index (Phi) is 5.82. The van der Waals surface area contributed by atoms with Gasteiger partial charge in [-0.25, -0.2) is 0 Å². The van der Waals surface area contributed by atoms with E-state index in [0.29, 0.717) is 22.0 Å². The van der Waals surface area contributed by atoms with Crippen LogP contribution in [0.5, 0.6) is 0 Å². The van der Waals surface area contributed by atoms with Crippen LogP contribution in [0.15, 0.2) is 40.8 Å². The zero-order valence-electron chi connectivity index (χ0n) is 13.7. The van der Waals surface area contributed by atoms with Gasteiger partial charge in [-0.2, -0.15) is 0 Å². The van der Waals surface area contributed by atoms with Gasteiger partial charge in [0.05, 0.1) is 11.3 Å². The number of rotatable bonds is 5. The second kappa shape index (κ2) is 7.84. The average molecular weight is 347 g/mol. The largest absolute Gasteiger partial charge is 0.462 e. The van der Waals surface area contributed by atoms with Gasteiger partial charge >= 0.3 is 0 Å². The topological polar surface area (TPSA) is 71.3 Å². The van der Waals surface area contributed by atoms with Gasteiger partial charge < -0.3 is 15.1 Å². The van der Waals surface area contributed by atoms with Crippen molar-refractivity contribution >= 4 is 35.2 Å². The molecule has 0 saturated carbocycles. The average Bonchev–Trinajstić information content (AvgIpc) is 2.90. The van der Waals surface area contributed by atoms with Crippen molar-refractivity contribution in [1.29, 1.82) is 0 Å². The summed E-state index contributed by atoms with van der Waals surface area (Å²) in [6.07, 6.45) is 2.89. The first-order chi connectivity index (χ1) is 11.3. The van der Waals surface area contributed by atoms with Gasteiger partial charge in [-0.1, -0.05) is 11.6 Å². The summed E-state index contributed by atoms with van der Waals surface area (Å²) in [5.74, 6) is 0.677. The second-order valence-electron chi connectivity index (χ2n) is 5.59. The molecule has 0 saturated heterocycles. The number of nitrogens with one attached hydrogen (secondary N) is 2. The predicted molar refractivity (Wildman–Crippen MR) is 95.2 cm³/mol. The number of amides is 2. The SMILES string of the molecule is Cc1ccc(C=CC(=O)Nc2cc(Cl)ccc2C(=O)NC(C)C)o1. The molecule has 0 spiro atoms. The summed E-state index contributed by atoms with van der Waals surface area (Å²) in [5.41, 5.74) is 0.703. The normalized spacial score (nSPS) is 11.0. The summed E-state index contributed by atoms with van der Waals surface area (Å²) in [5, 5.41) is 5.88. The third-order valence-electron chi connectivity index (χ3n) is 3.06. The number of anilines is 1. The number of halogens is 1. The maximum absolute atomic E-state index is 12.2. The van der Waals surface area contributed by atoms with Crippen LogP contribution in [0, 0.1) is 6.92 Å². The first-order valence-corrected chi connectivity index (χ1v) is 7.89. The fourth-order valence-corrected chi connectivity index (χ4v) is 2.21. The van der Waals surface area contributed by atoms with Crippen LogP contribution in [0.4, 0.5) is 5.69 Å². The molecule has 126 valence electrons. The zero-order valence-corrected chi connectivity index (χ0v) is 14.5. The van der Waals surface area contributed by atoms with Crippen molar-refractivity contribution in [2.45, 2.75) is 26.8 Å². The molecule has 0 aliphatic rings. The molecule has 0 bridgehead atoms. The number of carbonyl (C=O) groups is 2. The lowest BCUT2D eigenvalue weighted by Crippen LogP contribution is -2.31. The highest BCUT2D eigenvalue weighted by Gasteiger charge is 2.14. The summed E-state index contributed by atoms with van der Waals surface area (Å²) >= 11 is 5.97. The Bertz CT molecular complexity index is 778. The van der Waals surface area contributed by atoms with Crippen molar-refractivity contribution in [3.05, 3.63) is 58.5 Å². The lowest BCUT2D eigenvalue weighted by Gasteiger charge is -2.13. The van der Waals surface area contributed by atoms with Gasteiger partial charge in [0, 0.05) is 17.1 Å². The standard InChI is InChI=1S/C18H19ClN2O3/c1-11(2)20-18(23)15-8-5-13(19)10-16(15)21-17(22)9-7-14-6-4-12(3)24-14/h4-11H,1-3H3,(H,20,23)(H,21,22). The number of hydrogen-bond donors (Lipinski definition) is 2. The van der Waals surface area contributed by atoms with Gasteiger partial charge in [0.15, 0.2) is 0 Å². The molecular formula is C18H19ClN2O3. The van der Waals surface area contributed by atoms with Crippen LogP contribution in [-0.4, -0.2) is 17.9 Å². The molecule has 24 heavy (non-hydrogen) atoms. The van der Waals surface area contributed by atoms with E-state index in [4.69, 9.17) is 16.0 Å². The minimum atomic E-state index is -0.384. The molecule has 1 aromatic heterocycles. The minimum absolute atomic E-state index is 0.0150. The molecule has 0 aliphatic heterocycles. The number of furan rings is 1. The van der Waals surface area contributed by atoms with Crippen molar-refractivity contribution in [2.24, 2.45) is 0 Å². The number of hydrogen-bond acceptors (Lipinski definition) is 3. The van der Waals surface area contributed by atoms with Crippen molar-refractivity contribution in [2.75, 3.05) is 5.32 Å². The maximum atomic E-state index is 12.2. The molecule has 2 amide bonds. The Morgan fingerprint density at radius 3 is 2.58 bits per heavy atom. The summed E-state index contributed by atoms with van der Waals surface area (Å²) in [7, 11) is 0. The lowest BCUT2D eigenvalue weighted by atomic mass is 10.1. The minimum Gasteiger partial charge on any atom is -0.462 e. The first kappa shape index (κ1) is 17.8. The summed E-state index contributed by atoms with van der Waals surface area (Å²) in [4.78, 5) is 24.3. The summed E-state index contributed by atoms with van der Waals surface area (Å²) in [6.45, 7) is 5.54. The van der Waals surface area contributed by atoms with E-state index in [1.54, 1.807) is 30.3 Å². The van der Waals surface area contributed by atoms with Gasteiger partial charge in [0.1, 0.15) is 11.5 Å². The van der Waals surface area contributed by atoms with Crippen LogP contribution < -0.4 is 10.6 Å². The monoisotopic (exact) mass is 346 g/mol. The van der Waals surface area contributed by atoms with E-state index >= 15 is 0 Å². The highest BCUT2D eigenvalue weighted by atomic mass is 35.5. The molecule has 2 aromatic rings. The molecule has 2 rings (SSSR count). The Morgan fingerprint density at radius 2 is 1.96 bits per heavy atom. The van der Waals surface area contributed by atoms with Crippen LogP contribution in [0.3, 0.4) is 0 Å². The van der Waals surface area contributed by atoms with Crippen LogP contribution in [-0.2, 0) is 4.79 Å². The van der Waals surface area contributed by atoms with Crippen molar-refractivity contribution < 1.29 is 14.0 Å². The van der Waals surface area contributed by atoms with Gasteiger partial charge in [0.25, 0.3) is 5.91 Å². The molecule has 0 fully saturated rings. The number of carbonyl (C=O) groups excluding carboxylic acids is 2. The lowest BCUT2D eigenvalue weighted by molar-refractivity contribution is -0.111. The molecule has 0 aliphatic carbocycles. The van der Waals surface area contributed by atoms with E-state index in [-0.39, 0.29) is 17.9 Å². The second-order valence-corrected chi connectivity index (χ2v) is 6.03. The van der Waals surface area contributed by atoms with E-state index in [9.17, 15) is 9.59 Å². The Hall–Kier alpha value is -2.53. The molecule has 1 aromatic carbocycles. The van der Waals surface area contributed by atoms with E-state index < -0.39 is 0 Å². The van der Waals surface area contributed by atoms with E-state index in [2.05, 4.69) is 10.6 Å². The number of aryl methyl sites for hydroxylation is 1. The third kappa shape index (κ3) is 4.99. The van der Waals surface area contributed by atoms with Gasteiger partial charge in [-0.3, -0.25) is 9.59 Å². The van der Waals surface area contributed by atoms with E-state index in [0.717, 1.165) is 5.76 Å². The smallest absolute Gasteiger partial charge is 0.253 e. The Morgan fingerprint density at radius 1 is 1.21 bits per heavy atom. The van der Waals surface area contributed by atoms with Gasteiger partial charge in [-0.15, -0.1) is 0 Å². The van der Waals surface area contributed by atoms with Crippen LogP contribution >= 0.6 is 11.6 Å². The van der Waals surface area contributed by atoms with Gasteiger partial charge in [0.2, 0.25) is 5.91 Å². The molecule has 2 N–H and O–H groups in total. The van der Waals surface area contributed by atoms with Crippen molar-refractivity contribution in [3.8, 4) is 0 Å². The van der Waals surface area contributed by atoms with E-state index in [1.165, 1.54) is 6.08 Å². The van der Waals surface area contributed by atoms with Crippen molar-refractivity contribution in [3.63, 3.8) is 0 Å². The fourth-order valence-electron chi connectivity index (χ4n) is 2.03. The highest BCUT2D eigenvalue weighted by molar-refractivity contribution is 6.31. The zero-order chi connectivity index (χ0) is 17.7. The maximum Gasteiger partial charge on any atom is 0.253 e. The van der Waals surface area contributed by atoms with Crippen molar-refractivity contribution in [1.82, 2.24) is 5.32 Å².